The van der Waals surface area contributed by atoms with Crippen molar-refractivity contribution in [3.8, 4) is 0 Å². The van der Waals surface area contributed by atoms with Gasteiger partial charge in [-0.05, 0) is 52.4 Å². The lowest BCUT2D eigenvalue weighted by atomic mass is 10.1. The van der Waals surface area contributed by atoms with Gasteiger partial charge in [0.15, 0.2) is 4.77 Å². The van der Waals surface area contributed by atoms with Crippen LogP contribution in [0.25, 0.3) is 10.9 Å². The van der Waals surface area contributed by atoms with E-state index >= 15 is 0 Å². The van der Waals surface area contributed by atoms with E-state index in [9.17, 15) is 9.59 Å². The molecule has 0 aliphatic heterocycles. The average molecular weight is 436 g/mol. The molecule has 0 unspecified atom stereocenters. The Bertz CT molecular complexity index is 1080. The third-order valence-electron chi connectivity index (χ3n) is 3.60. The summed E-state index contributed by atoms with van der Waals surface area (Å²) < 4.78 is 2.73. The molecule has 25 heavy (non-hydrogen) atoms. The molecule has 2 N–H and O–H groups in total. The van der Waals surface area contributed by atoms with Crippen molar-refractivity contribution in [3.63, 3.8) is 0 Å². The maximum atomic E-state index is 12.5. The van der Waals surface area contributed by atoms with Crippen LogP contribution >= 0.6 is 39.5 Å². The number of carbonyl (C=O) groups is 1. The maximum absolute atomic E-state index is 12.5. The van der Waals surface area contributed by atoms with Crippen molar-refractivity contribution >= 4 is 56.3 Å². The van der Waals surface area contributed by atoms with E-state index in [0.29, 0.717) is 34.3 Å². The van der Waals surface area contributed by atoms with Crippen molar-refractivity contribution in [2.75, 3.05) is 0 Å². The summed E-state index contributed by atoms with van der Waals surface area (Å²) in [5.41, 5.74) is 0.811. The number of nitrogens with one attached hydrogen (secondary N) is 2. The Morgan fingerprint density at radius 2 is 2.24 bits per heavy atom. The molecule has 3 aromatic rings. The second-order valence-corrected chi connectivity index (χ2v) is 7.61. The van der Waals surface area contributed by atoms with Gasteiger partial charge in [-0.3, -0.25) is 14.2 Å². The van der Waals surface area contributed by atoms with Gasteiger partial charge >= 0.3 is 0 Å². The Hall–Kier alpha value is -2.03. The fourth-order valence-corrected chi connectivity index (χ4v) is 4.06. The Morgan fingerprint density at radius 3 is 2.92 bits per heavy atom. The van der Waals surface area contributed by atoms with Gasteiger partial charge in [-0.25, -0.2) is 0 Å². The van der Waals surface area contributed by atoms with E-state index in [2.05, 4.69) is 32.8 Å². The second kappa shape index (κ2) is 7.47. The number of H-pyrrole nitrogens is 1. The lowest BCUT2D eigenvalue weighted by molar-refractivity contribution is 0.0951. The molecule has 128 valence electrons. The van der Waals surface area contributed by atoms with Gasteiger partial charge < -0.3 is 10.3 Å². The summed E-state index contributed by atoms with van der Waals surface area (Å²) in [7, 11) is 0. The van der Waals surface area contributed by atoms with Crippen LogP contribution in [0.3, 0.4) is 0 Å². The van der Waals surface area contributed by atoms with E-state index < -0.39 is 0 Å². The predicted octanol–water partition coefficient (Wildman–Crippen LogP) is 4.00. The number of halogens is 1. The molecule has 2 heterocycles. The van der Waals surface area contributed by atoms with Crippen LogP contribution in [0, 0.1) is 4.77 Å². The number of thiophene rings is 1. The molecule has 0 atom stereocenters. The standard InChI is InChI=1S/C17H14BrN3O2S2/c1-2-5-21-16(23)13-4-3-10(6-14(13)20-17(21)24)15(22)19-8-12-7-11(18)9-25-12/h2-4,6-7,9H,1,5,8H2,(H,19,22)(H,20,24). The Kier molecular flexibility index (Phi) is 5.31. The third kappa shape index (κ3) is 3.81. The minimum Gasteiger partial charge on any atom is -0.347 e. The van der Waals surface area contributed by atoms with Crippen molar-refractivity contribution in [1.82, 2.24) is 14.9 Å². The van der Waals surface area contributed by atoms with Crippen LogP contribution in [-0.4, -0.2) is 15.5 Å². The first-order valence-corrected chi connectivity index (χ1v) is 9.46. The zero-order valence-electron chi connectivity index (χ0n) is 13.0. The number of hydrogen-bond acceptors (Lipinski definition) is 4. The van der Waals surface area contributed by atoms with Crippen LogP contribution < -0.4 is 10.9 Å². The molecule has 0 saturated carbocycles. The van der Waals surface area contributed by atoms with Crippen molar-refractivity contribution in [2.24, 2.45) is 0 Å². The molecule has 2 aromatic heterocycles. The predicted molar refractivity (Wildman–Crippen MR) is 107 cm³/mol. The average Bonchev–Trinajstić information content (AvgIpc) is 3.01. The molecule has 0 bridgehead atoms. The highest BCUT2D eigenvalue weighted by atomic mass is 79.9. The van der Waals surface area contributed by atoms with Gasteiger partial charge in [0, 0.05) is 26.8 Å². The van der Waals surface area contributed by atoms with Gasteiger partial charge in [-0.15, -0.1) is 17.9 Å². The molecule has 8 heteroatoms. The molecular formula is C17H14BrN3O2S2. The van der Waals surface area contributed by atoms with E-state index in [4.69, 9.17) is 12.2 Å². The second-order valence-electron chi connectivity index (χ2n) is 5.31. The highest BCUT2D eigenvalue weighted by Gasteiger charge is 2.10. The monoisotopic (exact) mass is 435 g/mol. The van der Waals surface area contributed by atoms with Gasteiger partial charge in [0.05, 0.1) is 17.4 Å². The Labute approximate surface area is 161 Å². The van der Waals surface area contributed by atoms with Crippen LogP contribution in [0.4, 0.5) is 0 Å². The zero-order chi connectivity index (χ0) is 18.0. The van der Waals surface area contributed by atoms with Gasteiger partial charge in [-0.1, -0.05) is 6.08 Å². The number of benzene rings is 1. The summed E-state index contributed by atoms with van der Waals surface area (Å²) in [4.78, 5) is 28.9. The van der Waals surface area contributed by atoms with Crippen LogP contribution in [0.5, 0.6) is 0 Å². The topological polar surface area (TPSA) is 66.9 Å². The number of aromatic amines is 1. The first kappa shape index (κ1) is 17.8. The summed E-state index contributed by atoms with van der Waals surface area (Å²) in [5, 5.41) is 5.31. The summed E-state index contributed by atoms with van der Waals surface area (Å²) >= 11 is 10.2. The number of aromatic nitrogens is 2. The first-order chi connectivity index (χ1) is 12.0. The van der Waals surface area contributed by atoms with E-state index in [0.717, 1.165) is 9.35 Å². The van der Waals surface area contributed by atoms with Gasteiger partial charge in [0.1, 0.15) is 0 Å². The normalized spacial score (nSPS) is 10.8. The zero-order valence-corrected chi connectivity index (χ0v) is 16.3. The minimum atomic E-state index is -0.207. The molecule has 5 nitrogen and oxygen atoms in total. The smallest absolute Gasteiger partial charge is 0.262 e. The van der Waals surface area contributed by atoms with Gasteiger partial charge in [0.2, 0.25) is 0 Å². The van der Waals surface area contributed by atoms with Crippen LogP contribution in [0.1, 0.15) is 15.2 Å². The SMILES string of the molecule is C=CCn1c(=S)[nH]c2cc(C(=O)NCc3cc(Br)cs3)ccc2c1=O. The largest absolute Gasteiger partial charge is 0.347 e. The van der Waals surface area contributed by atoms with E-state index in [1.54, 1.807) is 35.6 Å². The molecule has 0 aliphatic carbocycles. The molecule has 1 aromatic carbocycles. The fraction of sp³-hybridized carbons (Fsp3) is 0.118. The summed E-state index contributed by atoms with van der Waals surface area (Å²) in [5.74, 6) is -0.207. The minimum absolute atomic E-state index is 0.200. The van der Waals surface area contributed by atoms with Crippen molar-refractivity contribution in [3.05, 3.63) is 72.3 Å². The van der Waals surface area contributed by atoms with E-state index in [-0.39, 0.29) is 11.5 Å². The van der Waals surface area contributed by atoms with E-state index in [1.165, 1.54) is 4.57 Å². The Morgan fingerprint density at radius 1 is 1.44 bits per heavy atom. The van der Waals surface area contributed by atoms with Crippen LogP contribution in [-0.2, 0) is 13.1 Å². The molecule has 0 fully saturated rings. The molecule has 0 radical (unpaired) electrons. The number of amides is 1. The quantitative estimate of drug-likeness (QED) is 0.470. The number of fused-ring (bicyclic) bond motifs is 1. The summed E-state index contributed by atoms with van der Waals surface area (Å²) in [6, 6.07) is 6.88. The first-order valence-electron chi connectivity index (χ1n) is 7.38. The van der Waals surface area contributed by atoms with E-state index in [1.807, 2.05) is 11.4 Å². The molecule has 1 amide bonds. The molecular weight excluding hydrogens is 422 g/mol. The van der Waals surface area contributed by atoms with Crippen molar-refractivity contribution in [2.45, 2.75) is 13.1 Å². The molecule has 0 aliphatic rings. The van der Waals surface area contributed by atoms with Crippen molar-refractivity contribution < 1.29 is 4.79 Å². The maximum Gasteiger partial charge on any atom is 0.262 e. The molecule has 0 spiro atoms. The third-order valence-corrected chi connectivity index (χ3v) is 5.62. The summed E-state index contributed by atoms with van der Waals surface area (Å²) in [6.07, 6.45) is 1.61. The number of nitrogens with zero attached hydrogens (tertiary/aromatic N) is 1. The number of carbonyl (C=O) groups excluding carboxylic acids is 1. The molecule has 0 saturated heterocycles. The van der Waals surface area contributed by atoms with Gasteiger partial charge in [-0.2, -0.15) is 0 Å². The number of rotatable bonds is 5. The fourth-order valence-electron chi connectivity index (χ4n) is 2.41. The number of allylic oxidation sites excluding steroid dienone is 1. The number of hydrogen-bond donors (Lipinski definition) is 2. The van der Waals surface area contributed by atoms with Crippen molar-refractivity contribution in [1.29, 1.82) is 0 Å². The Balaban J connectivity index is 1.89. The lowest BCUT2D eigenvalue weighted by Crippen LogP contribution is -2.24. The van der Waals surface area contributed by atoms with Crippen LogP contribution in [0.15, 0.2) is 51.6 Å². The molecule has 3 rings (SSSR count). The highest BCUT2D eigenvalue weighted by molar-refractivity contribution is 9.10. The highest BCUT2D eigenvalue weighted by Crippen LogP contribution is 2.19. The van der Waals surface area contributed by atoms with Gasteiger partial charge in [0.25, 0.3) is 11.5 Å². The lowest BCUT2D eigenvalue weighted by Gasteiger charge is -2.08. The summed E-state index contributed by atoms with van der Waals surface area (Å²) in [6.45, 7) is 4.41. The van der Waals surface area contributed by atoms with Crippen LogP contribution in [0.2, 0.25) is 0 Å².